The summed E-state index contributed by atoms with van der Waals surface area (Å²) >= 11 is 0. The highest BCUT2D eigenvalue weighted by molar-refractivity contribution is 5.85. The van der Waals surface area contributed by atoms with E-state index < -0.39 is 0 Å². The lowest BCUT2D eigenvalue weighted by molar-refractivity contribution is -0.123. The summed E-state index contributed by atoms with van der Waals surface area (Å²) in [6.07, 6.45) is 7.41. The average molecular weight is 298 g/mol. The number of para-hydroxylation sites is 1. The number of benzene rings is 1. The van der Waals surface area contributed by atoms with Crippen LogP contribution in [0.5, 0.6) is 0 Å². The Morgan fingerprint density at radius 2 is 2.09 bits per heavy atom. The maximum atomic E-state index is 12.6. The molecule has 5 atom stereocenters. The molecule has 2 aliphatic carbocycles. The molecular weight excluding hydrogens is 272 g/mol. The zero-order valence-corrected chi connectivity index (χ0v) is 13.3. The van der Waals surface area contributed by atoms with Crippen molar-refractivity contribution in [1.29, 1.82) is 0 Å². The van der Waals surface area contributed by atoms with Crippen LogP contribution in [-0.2, 0) is 11.2 Å². The second-order valence-corrected chi connectivity index (χ2v) is 7.53. The quantitative estimate of drug-likeness (QED) is 0.898. The predicted octanol–water partition coefficient (Wildman–Crippen LogP) is 3.35. The molecule has 0 radical (unpaired) electrons. The van der Waals surface area contributed by atoms with Crippen molar-refractivity contribution in [1.82, 2.24) is 5.32 Å². The molecule has 5 unspecified atom stereocenters. The average Bonchev–Trinajstić information content (AvgIpc) is 3.17. The van der Waals surface area contributed by atoms with Crippen LogP contribution in [0.1, 0.15) is 44.6 Å². The van der Waals surface area contributed by atoms with Crippen molar-refractivity contribution in [2.24, 2.45) is 17.8 Å². The minimum absolute atomic E-state index is 0.0732. The third-order valence-corrected chi connectivity index (χ3v) is 6.17. The third kappa shape index (κ3) is 2.51. The third-order valence-electron chi connectivity index (χ3n) is 6.17. The monoisotopic (exact) mass is 298 g/mol. The lowest BCUT2D eigenvalue weighted by atomic mass is 9.84. The van der Waals surface area contributed by atoms with E-state index in [0.717, 1.165) is 30.4 Å². The molecule has 1 aliphatic heterocycles. The van der Waals surface area contributed by atoms with Crippen LogP contribution in [0.15, 0.2) is 24.3 Å². The fraction of sp³-hybridized carbons (Fsp3) is 0.632. The van der Waals surface area contributed by atoms with Gasteiger partial charge in [-0.3, -0.25) is 4.79 Å². The first-order valence-corrected chi connectivity index (χ1v) is 8.85. The van der Waals surface area contributed by atoms with Crippen molar-refractivity contribution in [2.75, 3.05) is 5.32 Å². The largest absolute Gasteiger partial charge is 0.373 e. The predicted molar refractivity (Wildman–Crippen MR) is 88.7 cm³/mol. The number of hydrogen-bond donors (Lipinski definition) is 2. The summed E-state index contributed by atoms with van der Waals surface area (Å²) in [6, 6.07) is 8.57. The summed E-state index contributed by atoms with van der Waals surface area (Å²) < 4.78 is 0. The molecule has 118 valence electrons. The van der Waals surface area contributed by atoms with Crippen LogP contribution >= 0.6 is 0 Å². The molecule has 2 saturated carbocycles. The van der Waals surface area contributed by atoms with Gasteiger partial charge in [0.05, 0.1) is 0 Å². The molecule has 22 heavy (non-hydrogen) atoms. The van der Waals surface area contributed by atoms with Gasteiger partial charge in [-0.2, -0.15) is 0 Å². The normalized spacial score (nSPS) is 33.9. The van der Waals surface area contributed by atoms with E-state index in [1.807, 2.05) is 6.07 Å². The minimum atomic E-state index is -0.0732. The molecule has 1 aromatic carbocycles. The summed E-state index contributed by atoms with van der Waals surface area (Å²) in [7, 11) is 0. The van der Waals surface area contributed by atoms with E-state index in [2.05, 4.69) is 35.8 Å². The number of carbonyl (C=O) groups is 1. The van der Waals surface area contributed by atoms with Crippen molar-refractivity contribution in [3.05, 3.63) is 29.8 Å². The van der Waals surface area contributed by atoms with Gasteiger partial charge in [-0.05, 0) is 68.4 Å². The summed E-state index contributed by atoms with van der Waals surface area (Å²) in [5.41, 5.74) is 2.45. The first-order chi connectivity index (χ1) is 10.7. The number of anilines is 1. The summed E-state index contributed by atoms with van der Waals surface area (Å²) in [6.45, 7) is 2.21. The smallest absolute Gasteiger partial charge is 0.242 e. The summed E-state index contributed by atoms with van der Waals surface area (Å²) in [5.74, 6) is 2.69. The van der Waals surface area contributed by atoms with Gasteiger partial charge in [0.2, 0.25) is 5.91 Å². The Labute approximate surface area is 132 Å². The zero-order chi connectivity index (χ0) is 15.1. The van der Waals surface area contributed by atoms with Gasteiger partial charge in [-0.15, -0.1) is 0 Å². The van der Waals surface area contributed by atoms with Gasteiger partial charge in [0.1, 0.15) is 6.04 Å². The van der Waals surface area contributed by atoms with Gasteiger partial charge in [0.15, 0.2) is 0 Å². The Kier molecular flexibility index (Phi) is 3.59. The standard InChI is InChI=1S/C19H26N2O/c1-12(16-11-13-6-7-15(16)10-13)20-19(22)18-9-8-14-4-2-3-5-17(14)21-18/h2-5,12-13,15-16,18,21H,6-11H2,1H3,(H,20,22). The Balaban J connectivity index is 1.37. The van der Waals surface area contributed by atoms with E-state index in [-0.39, 0.29) is 11.9 Å². The number of rotatable bonds is 3. The molecule has 3 aliphatic rings. The van der Waals surface area contributed by atoms with Crippen LogP contribution in [0.3, 0.4) is 0 Å². The highest BCUT2D eigenvalue weighted by Crippen LogP contribution is 2.49. The van der Waals surface area contributed by atoms with Gasteiger partial charge in [0, 0.05) is 11.7 Å². The molecule has 1 aromatic rings. The van der Waals surface area contributed by atoms with Gasteiger partial charge in [0.25, 0.3) is 0 Å². The van der Waals surface area contributed by atoms with E-state index in [1.54, 1.807) is 0 Å². The maximum Gasteiger partial charge on any atom is 0.242 e. The van der Waals surface area contributed by atoms with Crippen LogP contribution in [0, 0.1) is 17.8 Å². The summed E-state index contributed by atoms with van der Waals surface area (Å²) in [5, 5.41) is 6.72. The van der Waals surface area contributed by atoms with Crippen molar-refractivity contribution >= 4 is 11.6 Å². The van der Waals surface area contributed by atoms with Gasteiger partial charge in [-0.25, -0.2) is 0 Å². The lowest BCUT2D eigenvalue weighted by Crippen LogP contribution is -2.48. The molecule has 4 rings (SSSR count). The molecule has 0 saturated heterocycles. The Morgan fingerprint density at radius 3 is 2.86 bits per heavy atom. The highest BCUT2D eigenvalue weighted by atomic mass is 16.2. The van der Waals surface area contributed by atoms with Crippen LogP contribution in [0.4, 0.5) is 5.69 Å². The summed E-state index contributed by atoms with van der Waals surface area (Å²) in [4.78, 5) is 12.6. The molecule has 2 N–H and O–H groups in total. The fourth-order valence-corrected chi connectivity index (χ4v) is 4.97. The molecule has 0 aromatic heterocycles. The van der Waals surface area contributed by atoms with E-state index in [4.69, 9.17) is 0 Å². The van der Waals surface area contributed by atoms with Crippen molar-refractivity contribution in [3.8, 4) is 0 Å². The minimum Gasteiger partial charge on any atom is -0.373 e. The lowest BCUT2D eigenvalue weighted by Gasteiger charge is -2.31. The number of amides is 1. The van der Waals surface area contributed by atoms with Crippen molar-refractivity contribution < 1.29 is 4.79 Å². The van der Waals surface area contributed by atoms with Gasteiger partial charge < -0.3 is 10.6 Å². The number of hydrogen-bond acceptors (Lipinski definition) is 2. The Hall–Kier alpha value is -1.51. The van der Waals surface area contributed by atoms with Gasteiger partial charge in [-0.1, -0.05) is 24.6 Å². The van der Waals surface area contributed by atoms with E-state index in [9.17, 15) is 4.79 Å². The number of aryl methyl sites for hydroxylation is 1. The molecule has 2 bridgehead atoms. The van der Waals surface area contributed by atoms with Crippen LogP contribution in [-0.4, -0.2) is 18.0 Å². The first kappa shape index (κ1) is 14.1. The number of fused-ring (bicyclic) bond motifs is 3. The Morgan fingerprint density at radius 1 is 1.23 bits per heavy atom. The first-order valence-electron chi connectivity index (χ1n) is 8.85. The van der Waals surface area contributed by atoms with Crippen LogP contribution in [0.25, 0.3) is 0 Å². The van der Waals surface area contributed by atoms with Crippen molar-refractivity contribution in [2.45, 2.75) is 57.5 Å². The molecule has 2 fully saturated rings. The van der Waals surface area contributed by atoms with Crippen LogP contribution < -0.4 is 10.6 Å². The van der Waals surface area contributed by atoms with E-state index in [0.29, 0.717) is 12.0 Å². The molecule has 1 amide bonds. The second kappa shape index (κ2) is 5.60. The zero-order valence-electron chi connectivity index (χ0n) is 13.3. The molecule has 0 spiro atoms. The second-order valence-electron chi connectivity index (χ2n) is 7.53. The SMILES string of the molecule is CC(NC(=O)C1CCc2ccccc2N1)C1CC2CCC1C2. The van der Waals surface area contributed by atoms with Crippen molar-refractivity contribution in [3.63, 3.8) is 0 Å². The topological polar surface area (TPSA) is 41.1 Å². The molecule has 1 heterocycles. The molecule has 3 nitrogen and oxygen atoms in total. The van der Waals surface area contributed by atoms with E-state index in [1.165, 1.54) is 31.2 Å². The fourth-order valence-electron chi connectivity index (χ4n) is 4.97. The van der Waals surface area contributed by atoms with Gasteiger partial charge >= 0.3 is 0 Å². The highest BCUT2D eigenvalue weighted by Gasteiger charge is 2.42. The van der Waals surface area contributed by atoms with E-state index >= 15 is 0 Å². The Bertz CT molecular complexity index is 570. The molecule has 3 heteroatoms. The molecular formula is C19H26N2O. The maximum absolute atomic E-state index is 12.6. The van der Waals surface area contributed by atoms with Crippen LogP contribution in [0.2, 0.25) is 0 Å². The number of nitrogens with one attached hydrogen (secondary N) is 2. The number of carbonyl (C=O) groups excluding carboxylic acids is 1.